The molecule has 0 fully saturated rings. The van der Waals surface area contributed by atoms with Gasteiger partial charge in [-0.1, -0.05) is 61.9 Å². The van der Waals surface area contributed by atoms with Gasteiger partial charge < -0.3 is 10.1 Å². The molecule has 1 N–H and O–H groups in total. The summed E-state index contributed by atoms with van der Waals surface area (Å²) in [5, 5.41) is 3.44. The fourth-order valence-corrected chi connectivity index (χ4v) is 2.29. The molecule has 0 aliphatic heterocycles. The predicted molar refractivity (Wildman–Crippen MR) is 89.7 cm³/mol. The Kier molecular flexibility index (Phi) is 6.29. The zero-order valence-corrected chi connectivity index (χ0v) is 13.0. The minimum Gasteiger partial charge on any atom is -0.489 e. The number of benzene rings is 2. The Hall–Kier alpha value is -1.80. The van der Waals surface area contributed by atoms with Crippen LogP contribution in [0.5, 0.6) is 5.75 Å². The van der Waals surface area contributed by atoms with Gasteiger partial charge in [-0.2, -0.15) is 0 Å². The molecule has 0 aliphatic carbocycles. The SMILES string of the molecule is CCCCNCC(C)Oc1ccccc1-c1ccccc1. The minimum atomic E-state index is 0.159. The third-order valence-electron chi connectivity index (χ3n) is 3.44. The second-order valence-corrected chi connectivity index (χ2v) is 5.35. The Morgan fingerprint density at radius 2 is 1.71 bits per heavy atom. The van der Waals surface area contributed by atoms with Gasteiger partial charge in [-0.25, -0.2) is 0 Å². The lowest BCUT2D eigenvalue weighted by Gasteiger charge is -2.18. The normalized spacial score (nSPS) is 12.1. The van der Waals surface area contributed by atoms with E-state index < -0.39 is 0 Å². The highest BCUT2D eigenvalue weighted by Crippen LogP contribution is 2.30. The zero-order chi connectivity index (χ0) is 14.9. The summed E-state index contributed by atoms with van der Waals surface area (Å²) in [6.07, 6.45) is 2.60. The first-order valence-electron chi connectivity index (χ1n) is 7.83. The first-order valence-corrected chi connectivity index (χ1v) is 7.83. The number of unbranched alkanes of at least 4 members (excludes halogenated alkanes) is 1. The summed E-state index contributed by atoms with van der Waals surface area (Å²) in [6.45, 7) is 6.26. The van der Waals surface area contributed by atoms with Crippen molar-refractivity contribution in [2.45, 2.75) is 32.8 Å². The summed E-state index contributed by atoms with van der Waals surface area (Å²) in [5.41, 5.74) is 2.35. The average Bonchev–Trinajstić information content (AvgIpc) is 2.53. The molecule has 0 aliphatic rings. The van der Waals surface area contributed by atoms with Crippen LogP contribution in [0.1, 0.15) is 26.7 Å². The van der Waals surface area contributed by atoms with E-state index in [1.807, 2.05) is 18.2 Å². The van der Waals surface area contributed by atoms with E-state index in [1.54, 1.807) is 0 Å². The maximum Gasteiger partial charge on any atom is 0.127 e. The highest BCUT2D eigenvalue weighted by atomic mass is 16.5. The summed E-state index contributed by atoms with van der Waals surface area (Å²) >= 11 is 0. The molecule has 1 atom stereocenters. The largest absolute Gasteiger partial charge is 0.489 e. The van der Waals surface area contributed by atoms with Crippen LogP contribution >= 0.6 is 0 Å². The van der Waals surface area contributed by atoms with Crippen LogP contribution in [-0.4, -0.2) is 19.2 Å². The Balaban J connectivity index is 2.00. The summed E-state index contributed by atoms with van der Waals surface area (Å²) < 4.78 is 6.12. The van der Waals surface area contributed by atoms with E-state index >= 15 is 0 Å². The first-order chi connectivity index (χ1) is 10.3. The molecule has 0 heterocycles. The molecular weight excluding hydrogens is 258 g/mol. The van der Waals surface area contributed by atoms with Crippen molar-refractivity contribution in [2.24, 2.45) is 0 Å². The van der Waals surface area contributed by atoms with Crippen LogP contribution in [0.2, 0.25) is 0 Å². The van der Waals surface area contributed by atoms with Crippen molar-refractivity contribution in [3.05, 3.63) is 54.6 Å². The van der Waals surface area contributed by atoms with Crippen LogP contribution in [0, 0.1) is 0 Å². The number of para-hydroxylation sites is 1. The van der Waals surface area contributed by atoms with Gasteiger partial charge in [0.2, 0.25) is 0 Å². The second-order valence-electron chi connectivity index (χ2n) is 5.35. The van der Waals surface area contributed by atoms with Crippen molar-refractivity contribution in [1.82, 2.24) is 5.32 Å². The molecule has 0 saturated carbocycles. The van der Waals surface area contributed by atoms with E-state index in [0.717, 1.165) is 24.4 Å². The fourth-order valence-electron chi connectivity index (χ4n) is 2.29. The monoisotopic (exact) mass is 283 g/mol. The van der Waals surface area contributed by atoms with Crippen molar-refractivity contribution in [1.29, 1.82) is 0 Å². The summed E-state index contributed by atoms with van der Waals surface area (Å²) in [6, 6.07) is 18.6. The molecular formula is C19H25NO. The molecule has 0 spiro atoms. The fraction of sp³-hybridized carbons (Fsp3) is 0.368. The average molecular weight is 283 g/mol. The van der Waals surface area contributed by atoms with Crippen molar-refractivity contribution in [3.63, 3.8) is 0 Å². The van der Waals surface area contributed by atoms with Gasteiger partial charge in [-0.05, 0) is 31.5 Å². The maximum absolute atomic E-state index is 6.12. The summed E-state index contributed by atoms with van der Waals surface area (Å²) in [4.78, 5) is 0. The lowest BCUT2D eigenvalue weighted by Crippen LogP contribution is -2.29. The number of hydrogen-bond acceptors (Lipinski definition) is 2. The van der Waals surface area contributed by atoms with Gasteiger partial charge in [0.1, 0.15) is 11.9 Å². The topological polar surface area (TPSA) is 21.3 Å². The molecule has 0 radical (unpaired) electrons. The van der Waals surface area contributed by atoms with Crippen LogP contribution in [0.15, 0.2) is 54.6 Å². The van der Waals surface area contributed by atoms with Crippen molar-refractivity contribution >= 4 is 0 Å². The maximum atomic E-state index is 6.12. The molecule has 2 nitrogen and oxygen atoms in total. The van der Waals surface area contributed by atoms with E-state index in [9.17, 15) is 0 Å². The molecule has 0 amide bonds. The molecule has 0 bridgehead atoms. The molecule has 21 heavy (non-hydrogen) atoms. The highest BCUT2D eigenvalue weighted by molar-refractivity contribution is 5.70. The van der Waals surface area contributed by atoms with Gasteiger partial charge >= 0.3 is 0 Å². The number of hydrogen-bond donors (Lipinski definition) is 1. The van der Waals surface area contributed by atoms with Crippen LogP contribution in [0.3, 0.4) is 0 Å². The standard InChI is InChI=1S/C19H25NO/c1-3-4-14-20-15-16(2)21-19-13-9-8-12-18(19)17-10-6-5-7-11-17/h5-13,16,20H,3-4,14-15H2,1-2H3. The van der Waals surface area contributed by atoms with Crippen LogP contribution in [-0.2, 0) is 0 Å². The van der Waals surface area contributed by atoms with Gasteiger partial charge in [-0.15, -0.1) is 0 Å². The smallest absolute Gasteiger partial charge is 0.127 e. The highest BCUT2D eigenvalue weighted by Gasteiger charge is 2.09. The Morgan fingerprint density at radius 1 is 1.00 bits per heavy atom. The summed E-state index contributed by atoms with van der Waals surface area (Å²) in [7, 11) is 0. The Morgan fingerprint density at radius 3 is 2.48 bits per heavy atom. The van der Waals surface area contributed by atoms with Gasteiger partial charge in [0.15, 0.2) is 0 Å². The van der Waals surface area contributed by atoms with Gasteiger partial charge in [-0.3, -0.25) is 0 Å². The van der Waals surface area contributed by atoms with Gasteiger partial charge in [0.25, 0.3) is 0 Å². The van der Waals surface area contributed by atoms with Crippen molar-refractivity contribution in [3.8, 4) is 16.9 Å². The predicted octanol–water partition coefficient (Wildman–Crippen LogP) is 4.51. The number of ether oxygens (including phenoxy) is 1. The van der Waals surface area contributed by atoms with Crippen LogP contribution in [0.25, 0.3) is 11.1 Å². The van der Waals surface area contributed by atoms with E-state index in [4.69, 9.17) is 4.74 Å². The van der Waals surface area contributed by atoms with Crippen LogP contribution in [0.4, 0.5) is 0 Å². The van der Waals surface area contributed by atoms with E-state index in [2.05, 4.69) is 55.6 Å². The molecule has 2 aromatic carbocycles. The third kappa shape index (κ3) is 4.91. The lowest BCUT2D eigenvalue weighted by atomic mass is 10.0. The zero-order valence-electron chi connectivity index (χ0n) is 13.0. The number of rotatable bonds is 8. The first kappa shape index (κ1) is 15.6. The Labute approximate surface area is 128 Å². The molecule has 112 valence electrons. The molecule has 0 saturated heterocycles. The third-order valence-corrected chi connectivity index (χ3v) is 3.44. The van der Waals surface area contributed by atoms with Gasteiger partial charge in [0, 0.05) is 12.1 Å². The van der Waals surface area contributed by atoms with E-state index in [0.29, 0.717) is 0 Å². The molecule has 2 aromatic rings. The molecule has 2 heteroatoms. The summed E-state index contributed by atoms with van der Waals surface area (Å²) in [5.74, 6) is 0.952. The van der Waals surface area contributed by atoms with Crippen molar-refractivity contribution in [2.75, 3.05) is 13.1 Å². The van der Waals surface area contributed by atoms with Crippen LogP contribution < -0.4 is 10.1 Å². The lowest BCUT2D eigenvalue weighted by molar-refractivity contribution is 0.218. The molecule has 2 rings (SSSR count). The quantitative estimate of drug-likeness (QED) is 0.720. The second kappa shape index (κ2) is 8.48. The van der Waals surface area contributed by atoms with E-state index in [-0.39, 0.29) is 6.10 Å². The molecule has 0 aromatic heterocycles. The van der Waals surface area contributed by atoms with Gasteiger partial charge in [0.05, 0.1) is 0 Å². The van der Waals surface area contributed by atoms with E-state index in [1.165, 1.54) is 18.4 Å². The molecule has 1 unspecified atom stereocenters. The Bertz CT molecular complexity index is 524. The minimum absolute atomic E-state index is 0.159. The van der Waals surface area contributed by atoms with Crippen molar-refractivity contribution < 1.29 is 4.74 Å². The number of nitrogens with one attached hydrogen (secondary N) is 1.